The molecule has 2 aliphatic heterocycles. The van der Waals surface area contributed by atoms with Gasteiger partial charge in [0.1, 0.15) is 18.1 Å². The van der Waals surface area contributed by atoms with Gasteiger partial charge in [0.15, 0.2) is 23.2 Å². The number of ether oxygens (including phenoxy) is 1. The number of hydrogen-bond donors (Lipinski definition) is 4. The second kappa shape index (κ2) is 15.8. The number of hydrogen-bond acceptors (Lipinski definition) is 15. The number of aromatic nitrogens is 3. The third-order valence-electron chi connectivity index (χ3n) is 8.70. The number of nitrogens with two attached hydrogens (primary N) is 2. The highest BCUT2D eigenvalue weighted by molar-refractivity contribution is 7.80. The first-order valence-corrected chi connectivity index (χ1v) is 18.3. The molecule has 18 nitrogen and oxygen atoms in total. The van der Waals surface area contributed by atoms with Crippen LogP contribution in [0.3, 0.4) is 0 Å². The number of aliphatic carboxylic acids is 1. The van der Waals surface area contributed by atoms with Gasteiger partial charge >= 0.3 is 5.97 Å². The van der Waals surface area contributed by atoms with Crippen LogP contribution in [0.15, 0.2) is 47.2 Å². The quantitative estimate of drug-likeness (QED) is 0.0340. The number of amides is 1. The number of carbonyl (C=O) groups is 3. The molecule has 2 aliphatic rings. The number of Topliss-reactive ketones (excluding diaryl/α,β-unsaturated/α-hetero) is 1. The second-order valence-electron chi connectivity index (χ2n) is 12.7. The third-order valence-corrected chi connectivity index (χ3v) is 9.70. The number of thiazole rings is 1. The van der Waals surface area contributed by atoms with E-state index in [1.165, 1.54) is 19.2 Å². The summed E-state index contributed by atoms with van der Waals surface area (Å²) in [4.78, 5) is 47.4. The number of carbonyl (C=O) groups excluding carboxylic acids is 2. The minimum Gasteiger partial charge on any atom is -0.724 e. The molecular formula is C31H40N8O10S2. The van der Waals surface area contributed by atoms with Crippen LogP contribution in [0.2, 0.25) is 0 Å². The number of nitrogens with zero attached hydrogens (tertiary/aromatic N) is 5. The molecule has 2 fully saturated rings. The summed E-state index contributed by atoms with van der Waals surface area (Å²) in [5.41, 5.74) is 11.6. The number of oxime groups is 1. The average Bonchev–Trinajstić information content (AvgIpc) is 3.85. The monoisotopic (exact) mass is 748 g/mol. The number of nitrogen functional groups attached to an aromatic ring is 1. The predicted molar refractivity (Wildman–Crippen MR) is 181 cm³/mol. The van der Waals surface area contributed by atoms with Crippen molar-refractivity contribution in [3.05, 3.63) is 47.7 Å². The van der Waals surface area contributed by atoms with Gasteiger partial charge in [-0.05, 0) is 57.5 Å². The minimum absolute atomic E-state index is 0.0268. The molecule has 6 N–H and O–H groups in total. The summed E-state index contributed by atoms with van der Waals surface area (Å²) in [7, 11) is -5.24. The Morgan fingerprint density at radius 1 is 1.27 bits per heavy atom. The van der Waals surface area contributed by atoms with Crippen LogP contribution >= 0.6 is 11.3 Å². The molecule has 3 aromatic rings. The summed E-state index contributed by atoms with van der Waals surface area (Å²) in [6, 6.07) is 7.13. The summed E-state index contributed by atoms with van der Waals surface area (Å²) in [5.74, 6) is -3.32. The highest BCUT2D eigenvalue weighted by Crippen LogP contribution is 2.40. The number of anilines is 1. The van der Waals surface area contributed by atoms with Gasteiger partial charge in [-0.2, -0.15) is 14.0 Å². The van der Waals surface area contributed by atoms with Crippen molar-refractivity contribution in [2.45, 2.75) is 57.8 Å². The molecular weight excluding hydrogens is 709 g/mol. The van der Waals surface area contributed by atoms with Crippen LogP contribution in [-0.2, 0) is 47.0 Å². The van der Waals surface area contributed by atoms with Gasteiger partial charge < -0.3 is 36.0 Å². The van der Waals surface area contributed by atoms with E-state index in [4.69, 9.17) is 21.0 Å². The van der Waals surface area contributed by atoms with E-state index in [0.717, 1.165) is 61.5 Å². The van der Waals surface area contributed by atoms with Gasteiger partial charge in [-0.25, -0.2) is 18.2 Å². The van der Waals surface area contributed by atoms with E-state index in [1.54, 1.807) is 12.1 Å². The molecule has 276 valence electrons. The number of nitrogens with one attached hydrogen (secondary N) is 1. The van der Waals surface area contributed by atoms with Crippen LogP contribution in [0.25, 0.3) is 11.1 Å². The molecule has 2 aromatic heterocycles. The summed E-state index contributed by atoms with van der Waals surface area (Å²) < 4.78 is 47.5. The molecule has 0 spiro atoms. The molecule has 20 heteroatoms. The number of benzene rings is 1. The summed E-state index contributed by atoms with van der Waals surface area (Å²) >= 11 is 0.986. The van der Waals surface area contributed by atoms with E-state index in [2.05, 4.69) is 41.5 Å². The molecule has 3 unspecified atom stereocenters. The van der Waals surface area contributed by atoms with E-state index in [-0.39, 0.29) is 10.8 Å². The van der Waals surface area contributed by atoms with Crippen molar-refractivity contribution in [2.24, 2.45) is 22.7 Å². The van der Waals surface area contributed by atoms with Crippen molar-refractivity contribution in [3.8, 4) is 16.9 Å². The Morgan fingerprint density at radius 2 is 2.02 bits per heavy atom. The lowest BCUT2D eigenvalue weighted by Gasteiger charge is -2.51. The second-order valence-corrected chi connectivity index (χ2v) is 14.6. The van der Waals surface area contributed by atoms with Gasteiger partial charge in [-0.15, -0.1) is 16.0 Å². The van der Waals surface area contributed by atoms with Gasteiger partial charge in [0.25, 0.3) is 12.0 Å². The number of β-lactam (4-membered cyclic amide) rings is 1. The van der Waals surface area contributed by atoms with Crippen LogP contribution < -0.4 is 26.2 Å². The molecule has 1 amide bonds. The fourth-order valence-electron chi connectivity index (χ4n) is 5.85. The first kappa shape index (κ1) is 37.8. The topological polar surface area (TPSA) is 258 Å². The van der Waals surface area contributed by atoms with Crippen molar-refractivity contribution in [1.29, 1.82) is 0 Å². The van der Waals surface area contributed by atoms with Gasteiger partial charge in [0.05, 0.1) is 29.8 Å². The number of aryl methyl sites for hydroxylation is 1. The van der Waals surface area contributed by atoms with Gasteiger partial charge in [-0.1, -0.05) is 17.3 Å². The smallest absolute Gasteiger partial charge is 0.351 e. The maximum atomic E-state index is 13.4. The summed E-state index contributed by atoms with van der Waals surface area (Å²) in [6.45, 7) is 6.59. The maximum absolute atomic E-state index is 13.4. The third kappa shape index (κ3) is 9.26. The lowest BCUT2D eigenvalue weighted by Crippen LogP contribution is -2.68. The Hall–Kier alpha value is -4.47. The Balaban J connectivity index is 1.25. The van der Waals surface area contributed by atoms with Crippen LogP contribution in [0.5, 0.6) is 5.75 Å². The normalized spacial score (nSPS) is 19.5. The van der Waals surface area contributed by atoms with Crippen molar-refractivity contribution < 1.29 is 51.0 Å². The Kier molecular flexibility index (Phi) is 11.7. The molecule has 2 saturated heterocycles. The molecule has 5 rings (SSSR count). The molecule has 0 aliphatic carbocycles. The van der Waals surface area contributed by atoms with E-state index in [1.807, 2.05) is 12.1 Å². The Morgan fingerprint density at radius 3 is 2.61 bits per heavy atom. The lowest BCUT2D eigenvalue weighted by atomic mass is 9.74. The number of hydroxylamine groups is 2. The fraction of sp³-hybridized carbons (Fsp3) is 0.484. The highest BCUT2D eigenvalue weighted by atomic mass is 32.3. The largest absolute Gasteiger partial charge is 0.724 e. The van der Waals surface area contributed by atoms with Crippen molar-refractivity contribution in [3.63, 3.8) is 0 Å². The summed E-state index contributed by atoms with van der Waals surface area (Å²) in [5, 5.41) is 18.9. The van der Waals surface area contributed by atoms with E-state index in [0.29, 0.717) is 23.3 Å². The Bertz CT molecular complexity index is 1870. The number of ketones is 1. The summed E-state index contributed by atoms with van der Waals surface area (Å²) in [6.07, 6.45) is 3.98. The van der Waals surface area contributed by atoms with Gasteiger partial charge in [-0.3, -0.25) is 9.59 Å². The van der Waals surface area contributed by atoms with Crippen molar-refractivity contribution >= 4 is 50.2 Å². The maximum Gasteiger partial charge on any atom is 0.351 e. The van der Waals surface area contributed by atoms with Gasteiger partial charge in [0, 0.05) is 24.3 Å². The number of rotatable bonds is 18. The molecule has 4 heterocycles. The zero-order valence-corrected chi connectivity index (χ0v) is 29.6. The predicted octanol–water partition coefficient (Wildman–Crippen LogP) is 0.281. The van der Waals surface area contributed by atoms with Crippen LogP contribution in [0.4, 0.5) is 5.13 Å². The van der Waals surface area contributed by atoms with Crippen molar-refractivity contribution in [1.82, 2.24) is 20.0 Å². The number of carboxylic acids is 1. The van der Waals surface area contributed by atoms with Crippen LogP contribution in [0, 0.1) is 11.8 Å². The first-order valence-electron chi connectivity index (χ1n) is 16.1. The zero-order valence-electron chi connectivity index (χ0n) is 28.0. The van der Waals surface area contributed by atoms with Gasteiger partial charge in [0.2, 0.25) is 16.6 Å². The standard InChI is InChI=1S/C31H40N8O10S2/c1-31(2)23(28(41)39(31)49-51(44,45)46)12-25(40)27(24-18-50-30(33)35-24)36-48-26(29(42)43)17-47-22-6-4-20(5-7-22)21-15-37(11-3-9-32)38(16-21)14-19-8-10-34-13-19/h4-7,15-16,18-19,23,26,34H,3,8-14,17,32H2,1-2H3,(H3-,33,35,42,43,44,45,46)/b36-27-. The van der Waals surface area contributed by atoms with Crippen molar-refractivity contribution in [2.75, 3.05) is 32.0 Å². The number of carboxylic acid groups (broad SMARTS) is 1. The molecule has 0 bridgehead atoms. The Labute approximate surface area is 297 Å². The SMILES string of the molecule is CC1(C)C(CC(=O)/C(=N\OC(COc2ccc(-c3cn(CCCN)[n+](CC4CCNC4)c3)cc2)C(=O)O)c2csc(N)n2)C(=O)N1OS(=O)(=O)[O-]. The highest BCUT2D eigenvalue weighted by Gasteiger charge is 2.57. The van der Waals surface area contributed by atoms with Crippen LogP contribution in [0.1, 0.15) is 38.8 Å². The molecule has 0 saturated carbocycles. The lowest BCUT2D eigenvalue weighted by molar-refractivity contribution is -0.780. The van der Waals surface area contributed by atoms with E-state index < -0.39 is 64.4 Å². The zero-order chi connectivity index (χ0) is 36.9. The molecule has 1 aromatic carbocycles. The molecule has 51 heavy (non-hydrogen) atoms. The van der Waals surface area contributed by atoms with Crippen LogP contribution in [-0.4, -0.2) is 94.1 Å². The van der Waals surface area contributed by atoms with E-state index in [9.17, 15) is 32.5 Å². The molecule has 0 radical (unpaired) electrons. The first-order chi connectivity index (χ1) is 24.2. The fourth-order valence-corrected chi connectivity index (χ4v) is 6.85. The van der Waals surface area contributed by atoms with E-state index >= 15 is 0 Å². The molecule has 3 atom stereocenters. The average molecular weight is 749 g/mol. The minimum atomic E-state index is -5.24.